The van der Waals surface area contributed by atoms with Crippen LogP contribution >= 0.6 is 0 Å². The summed E-state index contributed by atoms with van der Waals surface area (Å²) in [5.74, 6) is 0.800. The first-order valence-corrected chi connectivity index (χ1v) is 14.8. The fraction of sp³-hybridized carbons (Fsp3) is 0.444. The summed E-state index contributed by atoms with van der Waals surface area (Å²) in [7, 11) is 0. The zero-order chi connectivity index (χ0) is 27.5. The number of ether oxygens (including phenoxy) is 1. The molecule has 5 rings (SSSR count). The van der Waals surface area contributed by atoms with E-state index in [-0.39, 0.29) is 23.6 Å². The van der Waals surface area contributed by atoms with Gasteiger partial charge in [0.2, 0.25) is 0 Å². The van der Waals surface area contributed by atoms with Gasteiger partial charge in [0.15, 0.2) is 0 Å². The molecule has 0 spiro atoms. The second-order valence-corrected chi connectivity index (χ2v) is 12.2. The molecule has 2 fully saturated rings. The topological polar surface area (TPSA) is 32.7 Å². The molecule has 0 unspecified atom stereocenters. The average molecular weight is 524 g/mol. The summed E-state index contributed by atoms with van der Waals surface area (Å²) in [4.78, 5) is 2.64. The highest BCUT2D eigenvalue weighted by atomic mass is 16.5. The van der Waals surface area contributed by atoms with Crippen LogP contribution < -0.4 is 0 Å². The van der Waals surface area contributed by atoms with Gasteiger partial charge in [0.05, 0.1) is 18.8 Å². The number of aliphatic hydroxyl groups is 1. The molecule has 1 N–H and O–H groups in total. The number of hydrogen-bond donors (Lipinski definition) is 1. The molecule has 206 valence electrons. The molecule has 39 heavy (non-hydrogen) atoms. The van der Waals surface area contributed by atoms with Crippen LogP contribution in [0.15, 0.2) is 97.1 Å². The molecule has 1 saturated carbocycles. The molecule has 1 saturated heterocycles. The fourth-order valence-electron chi connectivity index (χ4n) is 7.12. The van der Waals surface area contributed by atoms with E-state index >= 15 is 0 Å². The maximum Gasteiger partial charge on any atom is 0.126 e. The number of likely N-dealkylation sites (tertiary alicyclic amines) is 1. The molecule has 3 heteroatoms. The van der Waals surface area contributed by atoms with Crippen molar-refractivity contribution in [3.05, 3.63) is 114 Å². The normalized spacial score (nSPS) is 28.2. The third-order valence-corrected chi connectivity index (χ3v) is 9.31. The van der Waals surface area contributed by atoms with Crippen LogP contribution in [0.2, 0.25) is 0 Å². The Hall–Kier alpha value is -2.72. The van der Waals surface area contributed by atoms with Crippen LogP contribution in [0.25, 0.3) is 5.57 Å². The molecule has 1 aliphatic carbocycles. The number of rotatable bonds is 9. The van der Waals surface area contributed by atoms with Gasteiger partial charge in [-0.1, -0.05) is 117 Å². The molecule has 0 bridgehead atoms. The van der Waals surface area contributed by atoms with Crippen molar-refractivity contribution in [1.82, 2.24) is 4.90 Å². The molecule has 1 aliphatic heterocycles. The minimum absolute atomic E-state index is 0.0208. The zero-order valence-corrected chi connectivity index (χ0v) is 24.1. The van der Waals surface area contributed by atoms with E-state index in [1.807, 2.05) is 0 Å². The van der Waals surface area contributed by atoms with Crippen molar-refractivity contribution in [2.24, 2.45) is 11.8 Å². The Morgan fingerprint density at radius 2 is 1.56 bits per heavy atom. The third kappa shape index (κ3) is 5.50. The summed E-state index contributed by atoms with van der Waals surface area (Å²) < 4.78 is 7.11. The van der Waals surface area contributed by atoms with Gasteiger partial charge >= 0.3 is 0 Å². The van der Waals surface area contributed by atoms with Crippen molar-refractivity contribution in [3.63, 3.8) is 0 Å². The summed E-state index contributed by atoms with van der Waals surface area (Å²) >= 11 is 0. The van der Waals surface area contributed by atoms with Crippen molar-refractivity contribution < 1.29 is 9.84 Å². The first-order chi connectivity index (χ1) is 18.9. The third-order valence-electron chi connectivity index (χ3n) is 9.31. The Bertz CT molecular complexity index is 1220. The first kappa shape index (κ1) is 27.8. The standard InChI is InChI=1S/C36H45NO2/c1-5-15-31(29-18-11-7-12-19-29)34-36(30-20-13-8-14-21-30,39-25-28-16-9-6-10-17-28)26-37(34)35(3,4)32-23-22-27(2)24-33(32)38/h6-21,27,32-34,38H,5,22-26H2,1-4H3/b31-15+/t27-,32-,33-,34+,36+/m1/s1. The van der Waals surface area contributed by atoms with Crippen molar-refractivity contribution in [1.29, 1.82) is 0 Å². The van der Waals surface area contributed by atoms with Crippen LogP contribution in [0, 0.1) is 11.8 Å². The average Bonchev–Trinajstić information content (AvgIpc) is 2.94. The number of aliphatic hydroxyl groups excluding tert-OH is 1. The van der Waals surface area contributed by atoms with Gasteiger partial charge in [0.25, 0.3) is 0 Å². The van der Waals surface area contributed by atoms with Crippen molar-refractivity contribution in [2.75, 3.05) is 6.54 Å². The maximum atomic E-state index is 11.3. The van der Waals surface area contributed by atoms with E-state index in [1.54, 1.807) is 0 Å². The molecule has 3 aromatic rings. The van der Waals surface area contributed by atoms with Crippen molar-refractivity contribution in [3.8, 4) is 0 Å². The SMILES string of the molecule is CC/C=C(\c1ccccc1)[C@@H]1N(C(C)(C)[C@@H]2CC[C@@H](C)C[C@H]2O)C[C@]1(OCc1ccccc1)c1ccccc1. The summed E-state index contributed by atoms with van der Waals surface area (Å²) in [5, 5.41) is 11.3. The van der Waals surface area contributed by atoms with E-state index in [4.69, 9.17) is 4.74 Å². The van der Waals surface area contributed by atoms with Crippen LogP contribution in [-0.2, 0) is 16.9 Å². The lowest BCUT2D eigenvalue weighted by Gasteiger charge is -2.65. The van der Waals surface area contributed by atoms with Gasteiger partial charge in [0.1, 0.15) is 5.60 Å². The Morgan fingerprint density at radius 3 is 2.18 bits per heavy atom. The summed E-state index contributed by atoms with van der Waals surface area (Å²) in [6.45, 7) is 10.5. The highest BCUT2D eigenvalue weighted by molar-refractivity contribution is 5.73. The molecule has 3 nitrogen and oxygen atoms in total. The number of hydrogen-bond acceptors (Lipinski definition) is 3. The minimum atomic E-state index is -0.502. The first-order valence-electron chi connectivity index (χ1n) is 14.8. The van der Waals surface area contributed by atoms with Gasteiger partial charge in [-0.25, -0.2) is 0 Å². The predicted octanol–water partition coefficient (Wildman–Crippen LogP) is 7.85. The largest absolute Gasteiger partial charge is 0.393 e. The molecule has 0 radical (unpaired) electrons. The lowest BCUT2D eigenvalue weighted by Crippen LogP contribution is -2.75. The quantitative estimate of drug-likeness (QED) is 0.310. The lowest BCUT2D eigenvalue weighted by atomic mass is 9.64. The Kier molecular flexibility index (Phi) is 8.42. The number of benzene rings is 3. The maximum absolute atomic E-state index is 11.3. The van der Waals surface area contributed by atoms with E-state index in [2.05, 4.69) is 130 Å². The van der Waals surface area contributed by atoms with E-state index in [9.17, 15) is 5.11 Å². The van der Waals surface area contributed by atoms with Gasteiger partial charge in [-0.2, -0.15) is 0 Å². The number of nitrogens with zero attached hydrogens (tertiary/aromatic N) is 1. The van der Waals surface area contributed by atoms with Crippen LogP contribution in [0.3, 0.4) is 0 Å². The van der Waals surface area contributed by atoms with Crippen molar-refractivity contribution in [2.45, 2.75) is 83.3 Å². The molecule has 5 atom stereocenters. The van der Waals surface area contributed by atoms with Gasteiger partial charge < -0.3 is 9.84 Å². The molecule has 3 aromatic carbocycles. The predicted molar refractivity (Wildman–Crippen MR) is 161 cm³/mol. The second-order valence-electron chi connectivity index (χ2n) is 12.2. The Balaban J connectivity index is 1.61. The van der Waals surface area contributed by atoms with Crippen LogP contribution in [-0.4, -0.2) is 34.2 Å². The van der Waals surface area contributed by atoms with Gasteiger partial charge in [-0.15, -0.1) is 0 Å². The summed E-state index contributed by atoms with van der Waals surface area (Å²) in [6, 6.07) is 32.2. The molecular formula is C36H45NO2. The minimum Gasteiger partial charge on any atom is -0.393 e. The van der Waals surface area contributed by atoms with Gasteiger partial charge in [-0.3, -0.25) is 4.90 Å². The van der Waals surface area contributed by atoms with Crippen LogP contribution in [0.5, 0.6) is 0 Å². The smallest absolute Gasteiger partial charge is 0.126 e. The van der Waals surface area contributed by atoms with E-state index in [0.717, 1.165) is 25.8 Å². The zero-order valence-electron chi connectivity index (χ0n) is 24.1. The Morgan fingerprint density at radius 1 is 0.949 bits per heavy atom. The molecule has 0 amide bonds. The molecule has 0 aromatic heterocycles. The molecule has 1 heterocycles. The van der Waals surface area contributed by atoms with E-state index < -0.39 is 5.60 Å². The highest BCUT2D eigenvalue weighted by Gasteiger charge is 2.61. The number of allylic oxidation sites excluding steroid dienone is 1. The molecular weight excluding hydrogens is 478 g/mol. The van der Waals surface area contributed by atoms with Gasteiger partial charge in [0, 0.05) is 18.0 Å². The molecule has 2 aliphatic rings. The van der Waals surface area contributed by atoms with E-state index in [0.29, 0.717) is 12.5 Å². The van der Waals surface area contributed by atoms with E-state index in [1.165, 1.54) is 28.7 Å². The fourth-order valence-corrected chi connectivity index (χ4v) is 7.12. The van der Waals surface area contributed by atoms with Crippen LogP contribution in [0.1, 0.15) is 70.1 Å². The Labute approximate surface area is 235 Å². The summed E-state index contributed by atoms with van der Waals surface area (Å²) in [5.41, 5.74) is 4.26. The second kappa shape index (κ2) is 11.8. The summed E-state index contributed by atoms with van der Waals surface area (Å²) in [6.07, 6.45) is 6.18. The van der Waals surface area contributed by atoms with Gasteiger partial charge in [-0.05, 0) is 61.3 Å². The monoisotopic (exact) mass is 523 g/mol. The van der Waals surface area contributed by atoms with Crippen molar-refractivity contribution >= 4 is 5.57 Å². The van der Waals surface area contributed by atoms with Crippen LogP contribution in [0.4, 0.5) is 0 Å². The lowest BCUT2D eigenvalue weighted by molar-refractivity contribution is -0.225. The highest BCUT2D eigenvalue weighted by Crippen LogP contribution is 2.54.